The van der Waals surface area contributed by atoms with Gasteiger partial charge in [-0.15, -0.1) is 0 Å². The summed E-state index contributed by atoms with van der Waals surface area (Å²) in [7, 11) is 0. The maximum absolute atomic E-state index is 11.5. The van der Waals surface area contributed by atoms with Crippen LogP contribution in [0.25, 0.3) is 0 Å². The van der Waals surface area contributed by atoms with Crippen molar-refractivity contribution in [2.75, 3.05) is 26.2 Å². The number of amides is 1. The van der Waals surface area contributed by atoms with Crippen molar-refractivity contribution in [3.8, 4) is 0 Å². The van der Waals surface area contributed by atoms with E-state index in [1.807, 2.05) is 13.8 Å². The number of rotatable bonds is 4. The summed E-state index contributed by atoms with van der Waals surface area (Å²) in [5.41, 5.74) is 0. The summed E-state index contributed by atoms with van der Waals surface area (Å²) >= 11 is 0. The number of hydrogen-bond donors (Lipinski definition) is 1. The minimum Gasteiger partial charge on any atom is -0.448 e. The molecule has 1 fully saturated rings. The van der Waals surface area contributed by atoms with Crippen LogP contribution in [0.1, 0.15) is 33.1 Å². The van der Waals surface area contributed by atoms with Gasteiger partial charge in [0.2, 0.25) is 0 Å². The highest BCUT2D eigenvalue weighted by Crippen LogP contribution is 2.07. The average molecular weight is 214 g/mol. The highest BCUT2D eigenvalue weighted by molar-refractivity contribution is 5.67. The molecular formula is C11H22N2O2. The fraction of sp³-hybridized carbons (Fsp3) is 0.909. The van der Waals surface area contributed by atoms with E-state index in [9.17, 15) is 4.79 Å². The molecule has 0 aromatic carbocycles. The highest BCUT2D eigenvalue weighted by Gasteiger charge is 2.16. The van der Waals surface area contributed by atoms with E-state index in [-0.39, 0.29) is 6.09 Å². The number of nitrogens with one attached hydrogen (secondary N) is 1. The lowest BCUT2D eigenvalue weighted by Crippen LogP contribution is -2.40. The minimum atomic E-state index is -0.188. The Morgan fingerprint density at radius 1 is 1.40 bits per heavy atom. The molecular weight excluding hydrogens is 192 g/mol. The number of ether oxygens (including phenoxy) is 1. The van der Waals surface area contributed by atoms with Crippen molar-refractivity contribution in [2.45, 2.75) is 39.2 Å². The standard InChI is InChI=1S/C11H22N2O2/c1-3-13(4-2)11(14)15-9-10-7-5-6-8-12-10/h10,12H,3-9H2,1-2H3/t10-/m1/s1. The first-order valence-electron chi connectivity index (χ1n) is 5.93. The molecule has 0 radical (unpaired) electrons. The summed E-state index contributed by atoms with van der Waals surface area (Å²) in [5.74, 6) is 0. The van der Waals surface area contributed by atoms with Crippen LogP contribution in [0.2, 0.25) is 0 Å². The second kappa shape index (κ2) is 6.67. The van der Waals surface area contributed by atoms with Gasteiger partial charge in [0.1, 0.15) is 6.61 Å². The normalized spacial score (nSPS) is 21.1. The first kappa shape index (κ1) is 12.3. The van der Waals surface area contributed by atoms with Crippen LogP contribution in [-0.4, -0.2) is 43.3 Å². The van der Waals surface area contributed by atoms with Gasteiger partial charge in [0.25, 0.3) is 0 Å². The molecule has 0 bridgehead atoms. The van der Waals surface area contributed by atoms with Crippen molar-refractivity contribution in [3.63, 3.8) is 0 Å². The molecule has 0 aromatic rings. The van der Waals surface area contributed by atoms with Gasteiger partial charge in [-0.1, -0.05) is 6.42 Å². The summed E-state index contributed by atoms with van der Waals surface area (Å²) in [4.78, 5) is 13.2. The fourth-order valence-corrected chi connectivity index (χ4v) is 1.81. The van der Waals surface area contributed by atoms with Gasteiger partial charge in [0.15, 0.2) is 0 Å². The van der Waals surface area contributed by atoms with Crippen LogP contribution in [0, 0.1) is 0 Å². The van der Waals surface area contributed by atoms with Gasteiger partial charge in [0, 0.05) is 19.1 Å². The number of carbonyl (C=O) groups is 1. The van der Waals surface area contributed by atoms with E-state index >= 15 is 0 Å². The van der Waals surface area contributed by atoms with Gasteiger partial charge < -0.3 is 15.0 Å². The Labute approximate surface area is 92.0 Å². The predicted molar refractivity (Wildman–Crippen MR) is 59.9 cm³/mol. The molecule has 4 nitrogen and oxygen atoms in total. The molecule has 1 aliphatic heterocycles. The second-order valence-corrected chi connectivity index (χ2v) is 3.90. The number of piperidine rings is 1. The highest BCUT2D eigenvalue weighted by atomic mass is 16.6. The quantitative estimate of drug-likeness (QED) is 0.773. The third-order valence-electron chi connectivity index (χ3n) is 2.84. The molecule has 1 aliphatic rings. The van der Waals surface area contributed by atoms with E-state index in [4.69, 9.17) is 4.74 Å². The molecule has 0 saturated carbocycles. The number of carbonyl (C=O) groups excluding carboxylic acids is 1. The fourth-order valence-electron chi connectivity index (χ4n) is 1.81. The van der Waals surface area contributed by atoms with Crippen molar-refractivity contribution in [1.82, 2.24) is 10.2 Å². The summed E-state index contributed by atoms with van der Waals surface area (Å²) in [5, 5.41) is 3.35. The van der Waals surface area contributed by atoms with Gasteiger partial charge >= 0.3 is 6.09 Å². The summed E-state index contributed by atoms with van der Waals surface area (Å²) < 4.78 is 5.25. The lowest BCUT2D eigenvalue weighted by molar-refractivity contribution is 0.0926. The molecule has 0 aliphatic carbocycles. The van der Waals surface area contributed by atoms with E-state index < -0.39 is 0 Å². The van der Waals surface area contributed by atoms with Crippen molar-refractivity contribution < 1.29 is 9.53 Å². The Morgan fingerprint density at radius 2 is 2.13 bits per heavy atom. The van der Waals surface area contributed by atoms with E-state index in [0.29, 0.717) is 25.7 Å². The van der Waals surface area contributed by atoms with E-state index in [1.54, 1.807) is 4.90 Å². The molecule has 0 spiro atoms. The Hall–Kier alpha value is -0.770. The molecule has 1 heterocycles. The molecule has 15 heavy (non-hydrogen) atoms. The third-order valence-corrected chi connectivity index (χ3v) is 2.84. The first-order valence-corrected chi connectivity index (χ1v) is 5.93. The Morgan fingerprint density at radius 3 is 2.67 bits per heavy atom. The summed E-state index contributed by atoms with van der Waals surface area (Å²) in [6.07, 6.45) is 3.40. The Balaban J connectivity index is 2.20. The van der Waals surface area contributed by atoms with Gasteiger partial charge in [-0.3, -0.25) is 0 Å². The molecule has 88 valence electrons. The van der Waals surface area contributed by atoms with Crippen LogP contribution >= 0.6 is 0 Å². The zero-order valence-electron chi connectivity index (χ0n) is 9.79. The molecule has 1 saturated heterocycles. The average Bonchev–Trinajstić information content (AvgIpc) is 2.29. The topological polar surface area (TPSA) is 41.6 Å². The van der Waals surface area contributed by atoms with E-state index in [0.717, 1.165) is 13.0 Å². The van der Waals surface area contributed by atoms with Gasteiger partial charge in [-0.2, -0.15) is 0 Å². The van der Waals surface area contributed by atoms with E-state index in [1.165, 1.54) is 12.8 Å². The molecule has 0 unspecified atom stereocenters. The van der Waals surface area contributed by atoms with Crippen LogP contribution < -0.4 is 5.32 Å². The molecule has 1 atom stereocenters. The van der Waals surface area contributed by atoms with Crippen molar-refractivity contribution in [2.24, 2.45) is 0 Å². The Bertz CT molecular complexity index is 187. The van der Waals surface area contributed by atoms with Crippen LogP contribution in [-0.2, 0) is 4.74 Å². The lowest BCUT2D eigenvalue weighted by Gasteiger charge is -2.25. The summed E-state index contributed by atoms with van der Waals surface area (Å²) in [6.45, 7) is 6.91. The Kier molecular flexibility index (Phi) is 5.47. The van der Waals surface area contributed by atoms with Crippen LogP contribution in [0.4, 0.5) is 4.79 Å². The maximum Gasteiger partial charge on any atom is 0.409 e. The van der Waals surface area contributed by atoms with E-state index in [2.05, 4.69) is 5.32 Å². The molecule has 0 aromatic heterocycles. The number of nitrogens with zero attached hydrogens (tertiary/aromatic N) is 1. The van der Waals surface area contributed by atoms with Crippen molar-refractivity contribution >= 4 is 6.09 Å². The van der Waals surface area contributed by atoms with Crippen LogP contribution in [0.5, 0.6) is 0 Å². The third kappa shape index (κ3) is 4.08. The second-order valence-electron chi connectivity index (χ2n) is 3.90. The van der Waals surface area contributed by atoms with Crippen LogP contribution in [0.15, 0.2) is 0 Å². The lowest BCUT2D eigenvalue weighted by atomic mass is 10.1. The monoisotopic (exact) mass is 214 g/mol. The predicted octanol–water partition coefficient (Wildman–Crippen LogP) is 1.61. The summed E-state index contributed by atoms with van der Waals surface area (Å²) in [6, 6.07) is 0.360. The smallest absolute Gasteiger partial charge is 0.409 e. The van der Waals surface area contributed by atoms with Gasteiger partial charge in [-0.05, 0) is 33.2 Å². The molecule has 4 heteroatoms. The van der Waals surface area contributed by atoms with Crippen LogP contribution in [0.3, 0.4) is 0 Å². The SMILES string of the molecule is CCN(CC)C(=O)OC[C@H]1CCCCN1. The molecule has 1 amide bonds. The zero-order valence-corrected chi connectivity index (χ0v) is 9.79. The van der Waals surface area contributed by atoms with Gasteiger partial charge in [-0.25, -0.2) is 4.79 Å². The molecule has 1 N–H and O–H groups in total. The minimum absolute atomic E-state index is 0.188. The van der Waals surface area contributed by atoms with Crippen molar-refractivity contribution in [1.29, 1.82) is 0 Å². The maximum atomic E-state index is 11.5. The first-order chi connectivity index (χ1) is 7.27. The largest absolute Gasteiger partial charge is 0.448 e. The van der Waals surface area contributed by atoms with Crippen molar-refractivity contribution in [3.05, 3.63) is 0 Å². The molecule has 1 rings (SSSR count). The number of hydrogen-bond acceptors (Lipinski definition) is 3. The zero-order chi connectivity index (χ0) is 11.1. The van der Waals surface area contributed by atoms with Gasteiger partial charge in [0.05, 0.1) is 0 Å².